The molecular weight excluding hydrogens is 274 g/mol. The number of hydrogen-bond donors (Lipinski definition) is 3. The van der Waals surface area contributed by atoms with E-state index in [1.807, 2.05) is 30.3 Å². The number of amides is 1. The average Bonchev–Trinajstić information content (AvgIpc) is 2.42. The average molecular weight is 290 g/mol. The third kappa shape index (κ3) is 3.65. The Hall–Kier alpha value is -2.20. The second kappa shape index (κ2) is 6.30. The van der Waals surface area contributed by atoms with Crippen molar-refractivity contribution in [1.29, 1.82) is 0 Å². The molecule has 0 saturated heterocycles. The Morgan fingerprint density at radius 1 is 1.15 bits per heavy atom. The van der Waals surface area contributed by atoms with Crippen LogP contribution in [0.4, 0.5) is 11.4 Å². The van der Waals surface area contributed by atoms with Gasteiger partial charge in [-0.25, -0.2) is 0 Å². The topological polar surface area (TPSA) is 81.1 Å². The fourth-order valence-corrected chi connectivity index (χ4v) is 2.01. The van der Waals surface area contributed by atoms with Crippen molar-refractivity contribution in [1.82, 2.24) is 0 Å². The van der Waals surface area contributed by atoms with Gasteiger partial charge in [0.25, 0.3) is 5.91 Å². The number of halogens is 1. The molecule has 4 nitrogen and oxygen atoms in total. The molecule has 1 amide bonds. The number of rotatable bonds is 5. The Bertz CT molecular complexity index is 611. The number of anilines is 2. The van der Waals surface area contributed by atoms with E-state index in [1.165, 1.54) is 5.56 Å². The van der Waals surface area contributed by atoms with E-state index in [0.717, 1.165) is 23.7 Å². The molecule has 0 unspecified atom stereocenters. The van der Waals surface area contributed by atoms with Gasteiger partial charge in [-0.2, -0.15) is 0 Å². The summed E-state index contributed by atoms with van der Waals surface area (Å²) in [4.78, 5) is 11.2. The fourth-order valence-electron chi connectivity index (χ4n) is 1.88. The Labute approximate surface area is 122 Å². The standard InChI is InChI=1S/C15H16ClN3O/c16-11-3-1-10(2-4-11)7-8-19-12-5-6-14(17)13(9-12)15(18)20/h1-6,9,19H,7-8,17H2,(H2,18,20). The number of nitrogens with one attached hydrogen (secondary N) is 1. The lowest BCUT2D eigenvalue weighted by Crippen LogP contribution is -2.14. The molecule has 5 N–H and O–H groups in total. The number of nitrogen functional groups attached to an aromatic ring is 1. The number of primary amides is 1. The molecule has 2 rings (SSSR count). The number of hydrogen-bond acceptors (Lipinski definition) is 3. The molecule has 0 radical (unpaired) electrons. The maximum Gasteiger partial charge on any atom is 0.250 e. The predicted octanol–water partition coefficient (Wildman–Crippen LogP) is 2.68. The predicted molar refractivity (Wildman–Crippen MR) is 83.0 cm³/mol. The van der Waals surface area contributed by atoms with Gasteiger partial charge >= 0.3 is 0 Å². The number of benzene rings is 2. The van der Waals surface area contributed by atoms with Crippen molar-refractivity contribution in [2.24, 2.45) is 5.73 Å². The SMILES string of the molecule is NC(=O)c1cc(NCCc2ccc(Cl)cc2)ccc1N. The third-order valence-corrected chi connectivity index (χ3v) is 3.23. The summed E-state index contributed by atoms with van der Waals surface area (Å²) < 4.78 is 0. The van der Waals surface area contributed by atoms with E-state index in [9.17, 15) is 4.79 Å². The summed E-state index contributed by atoms with van der Waals surface area (Å²) in [5.74, 6) is -0.524. The lowest BCUT2D eigenvalue weighted by Gasteiger charge is -2.09. The molecule has 20 heavy (non-hydrogen) atoms. The van der Waals surface area contributed by atoms with Gasteiger partial charge in [0.1, 0.15) is 0 Å². The molecule has 0 aliphatic heterocycles. The van der Waals surface area contributed by atoms with Crippen LogP contribution in [0.15, 0.2) is 42.5 Å². The zero-order valence-corrected chi connectivity index (χ0v) is 11.7. The molecule has 5 heteroatoms. The fraction of sp³-hybridized carbons (Fsp3) is 0.133. The van der Waals surface area contributed by atoms with E-state index < -0.39 is 5.91 Å². The van der Waals surface area contributed by atoms with Gasteiger partial charge in [0.15, 0.2) is 0 Å². The van der Waals surface area contributed by atoms with Crippen LogP contribution in [-0.4, -0.2) is 12.5 Å². The molecule has 0 heterocycles. The van der Waals surface area contributed by atoms with E-state index in [0.29, 0.717) is 11.3 Å². The van der Waals surface area contributed by atoms with Crippen molar-refractivity contribution in [2.45, 2.75) is 6.42 Å². The highest BCUT2D eigenvalue weighted by molar-refractivity contribution is 6.30. The molecule has 0 aromatic heterocycles. The highest BCUT2D eigenvalue weighted by Crippen LogP contribution is 2.17. The summed E-state index contributed by atoms with van der Waals surface area (Å²) in [6.07, 6.45) is 0.855. The molecule has 0 spiro atoms. The lowest BCUT2D eigenvalue weighted by molar-refractivity contribution is 0.100. The van der Waals surface area contributed by atoms with E-state index in [2.05, 4.69) is 5.32 Å². The van der Waals surface area contributed by atoms with Gasteiger partial charge in [-0.15, -0.1) is 0 Å². The molecule has 2 aromatic carbocycles. The Morgan fingerprint density at radius 3 is 2.50 bits per heavy atom. The molecule has 0 fully saturated rings. The third-order valence-electron chi connectivity index (χ3n) is 2.97. The van der Waals surface area contributed by atoms with E-state index >= 15 is 0 Å². The minimum Gasteiger partial charge on any atom is -0.398 e. The summed E-state index contributed by atoms with van der Waals surface area (Å²) in [5, 5.41) is 3.96. The van der Waals surface area contributed by atoms with Crippen LogP contribution in [0.2, 0.25) is 5.02 Å². The van der Waals surface area contributed by atoms with Crippen molar-refractivity contribution < 1.29 is 4.79 Å². The number of nitrogens with two attached hydrogens (primary N) is 2. The molecule has 0 saturated carbocycles. The maximum atomic E-state index is 11.2. The van der Waals surface area contributed by atoms with Crippen LogP contribution in [0.25, 0.3) is 0 Å². The van der Waals surface area contributed by atoms with Crippen molar-refractivity contribution in [3.8, 4) is 0 Å². The zero-order valence-electron chi connectivity index (χ0n) is 10.9. The highest BCUT2D eigenvalue weighted by Gasteiger charge is 2.06. The molecule has 2 aromatic rings. The maximum absolute atomic E-state index is 11.2. The van der Waals surface area contributed by atoms with Gasteiger partial charge in [-0.3, -0.25) is 4.79 Å². The number of carbonyl (C=O) groups is 1. The highest BCUT2D eigenvalue weighted by atomic mass is 35.5. The van der Waals surface area contributed by atoms with Crippen LogP contribution in [0.3, 0.4) is 0 Å². The molecule has 0 bridgehead atoms. The Kier molecular flexibility index (Phi) is 4.48. The van der Waals surface area contributed by atoms with Gasteiger partial charge < -0.3 is 16.8 Å². The van der Waals surface area contributed by atoms with Crippen LogP contribution in [0.1, 0.15) is 15.9 Å². The zero-order chi connectivity index (χ0) is 14.5. The summed E-state index contributed by atoms with van der Waals surface area (Å²) in [5.41, 5.74) is 13.7. The lowest BCUT2D eigenvalue weighted by atomic mass is 10.1. The quantitative estimate of drug-likeness (QED) is 0.740. The van der Waals surface area contributed by atoms with Gasteiger partial charge in [0.05, 0.1) is 5.56 Å². The second-order valence-corrected chi connectivity index (χ2v) is 4.91. The van der Waals surface area contributed by atoms with Gasteiger partial charge in [0, 0.05) is 22.9 Å². The van der Waals surface area contributed by atoms with Crippen LogP contribution < -0.4 is 16.8 Å². The minimum atomic E-state index is -0.524. The Morgan fingerprint density at radius 2 is 1.85 bits per heavy atom. The smallest absolute Gasteiger partial charge is 0.250 e. The summed E-state index contributed by atoms with van der Waals surface area (Å²) >= 11 is 5.83. The molecule has 0 aliphatic rings. The second-order valence-electron chi connectivity index (χ2n) is 4.47. The first-order valence-electron chi connectivity index (χ1n) is 6.24. The monoisotopic (exact) mass is 289 g/mol. The Balaban J connectivity index is 1.96. The first-order chi connectivity index (χ1) is 9.56. The summed E-state index contributed by atoms with van der Waals surface area (Å²) in [7, 11) is 0. The van der Waals surface area contributed by atoms with E-state index in [-0.39, 0.29) is 0 Å². The van der Waals surface area contributed by atoms with Crippen LogP contribution in [0.5, 0.6) is 0 Å². The van der Waals surface area contributed by atoms with Gasteiger partial charge in [0.2, 0.25) is 0 Å². The van der Waals surface area contributed by atoms with Crippen LogP contribution in [0, 0.1) is 0 Å². The first-order valence-corrected chi connectivity index (χ1v) is 6.61. The van der Waals surface area contributed by atoms with Crippen LogP contribution in [-0.2, 0) is 6.42 Å². The van der Waals surface area contributed by atoms with Gasteiger partial charge in [-0.05, 0) is 42.3 Å². The van der Waals surface area contributed by atoms with Crippen molar-refractivity contribution >= 4 is 28.9 Å². The van der Waals surface area contributed by atoms with Crippen molar-refractivity contribution in [2.75, 3.05) is 17.6 Å². The van der Waals surface area contributed by atoms with Gasteiger partial charge in [-0.1, -0.05) is 23.7 Å². The normalized spacial score (nSPS) is 10.2. The first kappa shape index (κ1) is 14.2. The van der Waals surface area contributed by atoms with Crippen molar-refractivity contribution in [3.63, 3.8) is 0 Å². The summed E-state index contributed by atoms with van der Waals surface area (Å²) in [6.45, 7) is 0.740. The molecule has 0 aliphatic carbocycles. The van der Waals surface area contributed by atoms with E-state index in [4.69, 9.17) is 23.1 Å². The molecule has 104 valence electrons. The summed E-state index contributed by atoms with van der Waals surface area (Å²) in [6, 6.07) is 12.9. The molecule has 0 atom stereocenters. The number of carbonyl (C=O) groups excluding carboxylic acids is 1. The molecular formula is C15H16ClN3O. The van der Waals surface area contributed by atoms with Crippen LogP contribution >= 0.6 is 11.6 Å². The minimum absolute atomic E-state index is 0.335. The van der Waals surface area contributed by atoms with E-state index in [1.54, 1.807) is 12.1 Å². The largest absolute Gasteiger partial charge is 0.398 e. The van der Waals surface area contributed by atoms with Crippen molar-refractivity contribution in [3.05, 3.63) is 58.6 Å².